The summed E-state index contributed by atoms with van der Waals surface area (Å²) in [6.45, 7) is 0. The maximum absolute atomic E-state index is 12.4. The highest BCUT2D eigenvalue weighted by molar-refractivity contribution is 9.11. The molecule has 0 spiro atoms. The Morgan fingerprint density at radius 1 is 1.09 bits per heavy atom. The summed E-state index contributed by atoms with van der Waals surface area (Å²) in [5.41, 5.74) is 0.416. The maximum Gasteiger partial charge on any atom is 0.340 e. The number of hydrogen-bond acceptors (Lipinski definition) is 5. The summed E-state index contributed by atoms with van der Waals surface area (Å²) in [5.74, 6) is 0.110. The van der Waals surface area contributed by atoms with Crippen LogP contribution in [0.25, 0.3) is 10.9 Å². The normalized spacial score (nSPS) is 11.6. The number of nitrogens with zero attached hydrogens (tertiary/aromatic N) is 2. The summed E-state index contributed by atoms with van der Waals surface area (Å²) in [5, 5.41) is 0.927. The number of hydrogen-bond donors (Lipinski definition) is 0. The van der Waals surface area contributed by atoms with Crippen molar-refractivity contribution < 1.29 is 12.6 Å². The van der Waals surface area contributed by atoms with Crippen molar-refractivity contribution in [3.63, 3.8) is 0 Å². The minimum absolute atomic E-state index is 0.0965. The molecular formula is C14H7Br2ClN2O3S. The second-order valence-corrected chi connectivity index (χ2v) is 8.07. The van der Waals surface area contributed by atoms with Crippen molar-refractivity contribution in [2.45, 2.75) is 4.90 Å². The van der Waals surface area contributed by atoms with E-state index >= 15 is 0 Å². The minimum Gasteiger partial charge on any atom is -0.375 e. The van der Waals surface area contributed by atoms with Gasteiger partial charge in [0.05, 0.1) is 10.7 Å². The van der Waals surface area contributed by atoms with Gasteiger partial charge in [0.2, 0.25) is 0 Å². The van der Waals surface area contributed by atoms with Crippen LogP contribution in [0.5, 0.6) is 5.75 Å². The summed E-state index contributed by atoms with van der Waals surface area (Å²) in [6.07, 6.45) is 2.70. The van der Waals surface area contributed by atoms with E-state index in [1.165, 1.54) is 12.1 Å². The highest BCUT2D eigenvalue weighted by atomic mass is 79.9. The van der Waals surface area contributed by atoms with E-state index in [0.29, 0.717) is 9.99 Å². The Bertz CT molecular complexity index is 995. The third kappa shape index (κ3) is 3.35. The van der Waals surface area contributed by atoms with Crippen LogP contribution in [-0.4, -0.2) is 18.4 Å². The van der Waals surface area contributed by atoms with Gasteiger partial charge in [-0.3, -0.25) is 4.98 Å². The maximum atomic E-state index is 12.4. The Morgan fingerprint density at radius 2 is 1.87 bits per heavy atom. The van der Waals surface area contributed by atoms with E-state index in [4.69, 9.17) is 15.8 Å². The van der Waals surface area contributed by atoms with Crippen molar-refractivity contribution in [1.82, 2.24) is 9.97 Å². The fourth-order valence-corrected chi connectivity index (χ4v) is 4.37. The van der Waals surface area contributed by atoms with Crippen molar-refractivity contribution in [3.8, 4) is 5.75 Å². The topological polar surface area (TPSA) is 69.2 Å². The molecule has 0 aliphatic carbocycles. The van der Waals surface area contributed by atoms with E-state index in [9.17, 15) is 8.42 Å². The molecule has 118 valence electrons. The van der Waals surface area contributed by atoms with Crippen LogP contribution in [0.15, 0.2) is 56.6 Å². The number of aromatic nitrogens is 2. The molecule has 0 N–H and O–H groups in total. The molecule has 0 unspecified atom stereocenters. The van der Waals surface area contributed by atoms with Gasteiger partial charge in [0, 0.05) is 16.1 Å². The SMILES string of the molecule is O=S(=O)(Oc1c(Br)cc(Br)c2cccnc12)c1ccc(Cl)nc1. The number of halogens is 3. The lowest BCUT2D eigenvalue weighted by Crippen LogP contribution is -2.11. The second-order valence-electron chi connectivity index (χ2n) is 4.42. The average Bonchev–Trinajstić information content (AvgIpc) is 2.52. The first-order chi connectivity index (χ1) is 10.9. The molecule has 0 aliphatic rings. The lowest BCUT2D eigenvalue weighted by Gasteiger charge is -2.11. The molecule has 0 fully saturated rings. The van der Waals surface area contributed by atoms with Gasteiger partial charge >= 0.3 is 10.1 Å². The molecule has 0 amide bonds. The van der Waals surface area contributed by atoms with Crippen LogP contribution in [0, 0.1) is 0 Å². The van der Waals surface area contributed by atoms with Gasteiger partial charge in [0.25, 0.3) is 0 Å². The zero-order valence-electron chi connectivity index (χ0n) is 11.2. The quantitative estimate of drug-likeness (QED) is 0.407. The Morgan fingerprint density at radius 3 is 2.57 bits per heavy atom. The van der Waals surface area contributed by atoms with Gasteiger partial charge in [0.15, 0.2) is 5.75 Å². The van der Waals surface area contributed by atoms with E-state index < -0.39 is 10.1 Å². The fraction of sp³-hybridized carbons (Fsp3) is 0. The number of rotatable bonds is 3. The average molecular weight is 479 g/mol. The van der Waals surface area contributed by atoms with Crippen molar-refractivity contribution in [3.05, 3.63) is 56.8 Å². The molecule has 9 heteroatoms. The van der Waals surface area contributed by atoms with Crippen molar-refractivity contribution >= 4 is 64.5 Å². The molecule has 0 saturated heterocycles. The van der Waals surface area contributed by atoms with Gasteiger partial charge in [-0.25, -0.2) is 4.98 Å². The highest BCUT2D eigenvalue weighted by Crippen LogP contribution is 2.38. The molecule has 3 rings (SSSR count). The number of fused-ring (bicyclic) bond motifs is 1. The summed E-state index contributed by atoms with van der Waals surface area (Å²) in [6, 6.07) is 7.97. The van der Waals surface area contributed by atoms with Crippen LogP contribution < -0.4 is 4.18 Å². The number of pyridine rings is 2. The summed E-state index contributed by atoms with van der Waals surface area (Å²) < 4.78 is 31.4. The zero-order valence-corrected chi connectivity index (χ0v) is 15.9. The first kappa shape index (κ1) is 16.6. The molecule has 5 nitrogen and oxygen atoms in total. The van der Waals surface area contributed by atoms with Crippen LogP contribution >= 0.6 is 43.5 Å². The Balaban J connectivity index is 2.13. The minimum atomic E-state index is -4.06. The predicted molar refractivity (Wildman–Crippen MR) is 94.2 cm³/mol. The third-order valence-electron chi connectivity index (χ3n) is 2.93. The molecule has 2 aromatic heterocycles. The molecular weight excluding hydrogens is 471 g/mol. The van der Waals surface area contributed by atoms with E-state index in [-0.39, 0.29) is 15.8 Å². The van der Waals surface area contributed by atoms with Gasteiger partial charge in [-0.1, -0.05) is 33.6 Å². The van der Waals surface area contributed by atoms with Crippen LogP contribution in [-0.2, 0) is 10.1 Å². The summed E-state index contributed by atoms with van der Waals surface area (Å²) in [7, 11) is -4.06. The number of benzene rings is 1. The third-order valence-corrected chi connectivity index (χ3v) is 5.61. The fourth-order valence-electron chi connectivity index (χ4n) is 1.89. The first-order valence-electron chi connectivity index (χ1n) is 6.17. The van der Waals surface area contributed by atoms with Crippen LogP contribution in [0.1, 0.15) is 0 Å². The van der Waals surface area contributed by atoms with E-state index in [0.717, 1.165) is 16.1 Å². The van der Waals surface area contributed by atoms with Crippen LogP contribution in [0.2, 0.25) is 5.15 Å². The molecule has 0 saturated carbocycles. The second kappa shape index (κ2) is 6.35. The van der Waals surface area contributed by atoms with Gasteiger partial charge in [-0.05, 0) is 40.2 Å². The highest BCUT2D eigenvalue weighted by Gasteiger charge is 2.22. The van der Waals surface area contributed by atoms with Crippen LogP contribution in [0.3, 0.4) is 0 Å². The lowest BCUT2D eigenvalue weighted by atomic mass is 10.2. The molecule has 0 aliphatic heterocycles. The monoisotopic (exact) mass is 476 g/mol. The lowest BCUT2D eigenvalue weighted by molar-refractivity contribution is 0.486. The Kier molecular flexibility index (Phi) is 4.59. The summed E-state index contributed by atoms with van der Waals surface area (Å²) in [4.78, 5) is 7.87. The molecule has 23 heavy (non-hydrogen) atoms. The smallest absolute Gasteiger partial charge is 0.340 e. The van der Waals surface area contributed by atoms with E-state index in [1.807, 2.05) is 6.07 Å². The van der Waals surface area contributed by atoms with Crippen LogP contribution in [0.4, 0.5) is 0 Å². The van der Waals surface area contributed by atoms with Gasteiger partial charge in [-0.15, -0.1) is 0 Å². The largest absolute Gasteiger partial charge is 0.375 e. The van der Waals surface area contributed by atoms with Gasteiger partial charge in [0.1, 0.15) is 15.6 Å². The van der Waals surface area contributed by atoms with Crippen molar-refractivity contribution in [2.24, 2.45) is 0 Å². The molecule has 2 heterocycles. The van der Waals surface area contributed by atoms with E-state index in [1.54, 1.807) is 18.3 Å². The van der Waals surface area contributed by atoms with Gasteiger partial charge < -0.3 is 4.18 Å². The molecule has 0 bridgehead atoms. The zero-order chi connectivity index (χ0) is 16.6. The van der Waals surface area contributed by atoms with Gasteiger partial charge in [-0.2, -0.15) is 8.42 Å². The molecule has 0 radical (unpaired) electrons. The van der Waals surface area contributed by atoms with E-state index in [2.05, 4.69) is 41.8 Å². The Labute approximate surface area is 154 Å². The van der Waals surface area contributed by atoms with Crippen molar-refractivity contribution in [2.75, 3.05) is 0 Å². The molecule has 1 aromatic carbocycles. The molecule has 0 atom stereocenters. The Hall–Kier alpha value is -1.22. The molecule has 3 aromatic rings. The predicted octanol–water partition coefficient (Wildman–Crippen LogP) is 4.58. The standard InChI is InChI=1S/C14H7Br2ClN2O3S/c15-10-6-11(16)14(13-9(10)2-1-5-18-13)22-23(20,21)8-3-4-12(17)19-7-8/h1-7H. The first-order valence-corrected chi connectivity index (χ1v) is 9.54. The van der Waals surface area contributed by atoms with Crippen molar-refractivity contribution in [1.29, 1.82) is 0 Å². The summed E-state index contributed by atoms with van der Waals surface area (Å²) >= 11 is 12.4.